The van der Waals surface area contributed by atoms with Crippen LogP contribution in [0.25, 0.3) is 0 Å². The molecule has 2 aromatic rings. The third kappa shape index (κ3) is 4.28. The van der Waals surface area contributed by atoms with Crippen LogP contribution in [0.3, 0.4) is 0 Å². The lowest BCUT2D eigenvalue weighted by Gasteiger charge is -2.13. The maximum atomic E-state index is 12.5. The number of hydrogen-bond acceptors (Lipinski definition) is 3. The summed E-state index contributed by atoms with van der Waals surface area (Å²) in [5.41, 5.74) is 2.53. The Balaban J connectivity index is 2.15. The molecular weight excluding hydrogens is 372 g/mol. The van der Waals surface area contributed by atoms with Gasteiger partial charge in [0.05, 0.1) is 21.5 Å². The van der Waals surface area contributed by atoms with Crippen LogP contribution in [0.2, 0.25) is 0 Å². The second-order valence-electron chi connectivity index (χ2n) is 5.07. The van der Waals surface area contributed by atoms with Crippen LogP contribution in [0.15, 0.2) is 22.7 Å². The summed E-state index contributed by atoms with van der Waals surface area (Å²) in [7, 11) is 0. The van der Waals surface area contributed by atoms with Gasteiger partial charge in [0, 0.05) is 0 Å². The van der Waals surface area contributed by atoms with Crippen LogP contribution in [-0.2, 0) is 11.3 Å². The van der Waals surface area contributed by atoms with Crippen molar-refractivity contribution in [2.24, 2.45) is 0 Å². The summed E-state index contributed by atoms with van der Waals surface area (Å²) in [6, 6.07) is 4.68. The van der Waals surface area contributed by atoms with E-state index in [0.717, 1.165) is 21.4 Å². The Morgan fingerprint density at radius 1 is 1.39 bits per heavy atom. The summed E-state index contributed by atoms with van der Waals surface area (Å²) >= 11 is 3.39. The molecule has 0 bridgehead atoms. The molecule has 1 aromatic carbocycles. The summed E-state index contributed by atoms with van der Waals surface area (Å²) in [6.07, 6.45) is 0. The highest BCUT2D eigenvalue weighted by atomic mass is 79.9. The maximum Gasteiger partial charge on any atom is 0.387 e. The molecule has 0 aliphatic heterocycles. The van der Waals surface area contributed by atoms with Crippen molar-refractivity contribution in [3.05, 3.63) is 39.6 Å². The predicted molar refractivity (Wildman–Crippen MR) is 85.8 cm³/mol. The number of halogens is 3. The van der Waals surface area contributed by atoms with Gasteiger partial charge in [0.15, 0.2) is 0 Å². The van der Waals surface area contributed by atoms with E-state index in [-0.39, 0.29) is 23.9 Å². The van der Waals surface area contributed by atoms with Gasteiger partial charge in [0.1, 0.15) is 12.3 Å². The third-order valence-electron chi connectivity index (χ3n) is 3.21. The Bertz CT molecular complexity index is 732. The van der Waals surface area contributed by atoms with E-state index in [1.165, 1.54) is 16.8 Å². The minimum Gasteiger partial charge on any atom is -0.433 e. The first-order valence-electron chi connectivity index (χ1n) is 6.82. The SMILES string of the molecule is Cc1ccc(NC(=O)Cn2nc(C)c(Br)c2C)c(OC(F)F)c1. The average molecular weight is 388 g/mol. The van der Waals surface area contributed by atoms with E-state index in [2.05, 4.69) is 31.1 Å². The number of carbonyl (C=O) groups excluding carboxylic acids is 1. The number of carbonyl (C=O) groups is 1. The molecule has 1 amide bonds. The number of alkyl halides is 2. The van der Waals surface area contributed by atoms with Crippen LogP contribution >= 0.6 is 15.9 Å². The molecule has 1 aromatic heterocycles. The molecule has 2 rings (SSSR count). The summed E-state index contributed by atoms with van der Waals surface area (Å²) in [5, 5.41) is 6.81. The van der Waals surface area contributed by atoms with Crippen LogP contribution in [0, 0.1) is 20.8 Å². The van der Waals surface area contributed by atoms with E-state index in [1.54, 1.807) is 13.0 Å². The van der Waals surface area contributed by atoms with E-state index >= 15 is 0 Å². The predicted octanol–water partition coefficient (Wildman–Crippen LogP) is 3.81. The monoisotopic (exact) mass is 387 g/mol. The average Bonchev–Trinajstić information content (AvgIpc) is 2.69. The summed E-state index contributed by atoms with van der Waals surface area (Å²) in [5.74, 6) is -0.450. The number of anilines is 1. The van der Waals surface area contributed by atoms with E-state index < -0.39 is 6.61 Å². The molecule has 0 atom stereocenters. The zero-order valence-electron chi connectivity index (χ0n) is 12.9. The normalized spacial score (nSPS) is 10.9. The molecule has 0 aliphatic carbocycles. The quantitative estimate of drug-likeness (QED) is 0.848. The van der Waals surface area contributed by atoms with Crippen LogP contribution in [-0.4, -0.2) is 22.3 Å². The highest BCUT2D eigenvalue weighted by Gasteiger charge is 2.15. The number of aromatic nitrogens is 2. The molecule has 0 unspecified atom stereocenters. The van der Waals surface area contributed by atoms with Crippen molar-refractivity contribution in [2.45, 2.75) is 33.9 Å². The van der Waals surface area contributed by atoms with E-state index in [4.69, 9.17) is 0 Å². The first kappa shape index (κ1) is 17.4. The van der Waals surface area contributed by atoms with E-state index in [9.17, 15) is 13.6 Å². The molecule has 8 heteroatoms. The zero-order chi connectivity index (χ0) is 17.1. The number of rotatable bonds is 5. The molecule has 0 saturated carbocycles. The molecule has 124 valence electrons. The second kappa shape index (κ2) is 7.08. The first-order valence-corrected chi connectivity index (χ1v) is 7.62. The molecule has 0 saturated heterocycles. The minimum atomic E-state index is -2.96. The van der Waals surface area contributed by atoms with Gasteiger partial charge in [0.2, 0.25) is 5.91 Å². The number of nitrogens with zero attached hydrogens (tertiary/aromatic N) is 2. The fourth-order valence-corrected chi connectivity index (χ4v) is 2.37. The van der Waals surface area contributed by atoms with Crippen LogP contribution in [0.4, 0.5) is 14.5 Å². The van der Waals surface area contributed by atoms with Crippen molar-refractivity contribution >= 4 is 27.5 Å². The lowest BCUT2D eigenvalue weighted by atomic mass is 10.2. The lowest BCUT2D eigenvalue weighted by molar-refractivity contribution is -0.117. The van der Waals surface area contributed by atoms with Crippen molar-refractivity contribution in [1.82, 2.24) is 9.78 Å². The Hall–Kier alpha value is -1.96. The van der Waals surface area contributed by atoms with Gasteiger partial charge in [-0.3, -0.25) is 9.48 Å². The van der Waals surface area contributed by atoms with E-state index in [0.29, 0.717) is 0 Å². The van der Waals surface area contributed by atoms with Gasteiger partial charge in [-0.05, 0) is 54.4 Å². The standard InChI is InChI=1S/C15H16BrF2N3O2/c1-8-4-5-11(12(6-8)23-15(17)18)19-13(22)7-21-10(3)14(16)9(2)20-21/h4-6,15H,7H2,1-3H3,(H,19,22). The lowest BCUT2D eigenvalue weighted by Crippen LogP contribution is -2.21. The molecule has 1 N–H and O–H groups in total. The van der Waals surface area contributed by atoms with Gasteiger partial charge in [-0.2, -0.15) is 13.9 Å². The Morgan fingerprint density at radius 2 is 2.09 bits per heavy atom. The van der Waals surface area contributed by atoms with Gasteiger partial charge in [0.25, 0.3) is 0 Å². The fraction of sp³-hybridized carbons (Fsp3) is 0.333. The van der Waals surface area contributed by atoms with Crippen LogP contribution in [0.1, 0.15) is 17.0 Å². The van der Waals surface area contributed by atoms with Gasteiger partial charge in [-0.1, -0.05) is 6.07 Å². The first-order chi connectivity index (χ1) is 10.8. The third-order valence-corrected chi connectivity index (χ3v) is 4.36. The topological polar surface area (TPSA) is 56.2 Å². The zero-order valence-corrected chi connectivity index (χ0v) is 14.4. The highest BCUT2D eigenvalue weighted by molar-refractivity contribution is 9.10. The summed E-state index contributed by atoms with van der Waals surface area (Å²) in [4.78, 5) is 12.1. The number of benzene rings is 1. The molecule has 0 radical (unpaired) electrons. The molecule has 1 heterocycles. The molecule has 0 fully saturated rings. The Labute approximate surface area is 140 Å². The molecule has 0 spiro atoms. The van der Waals surface area contributed by atoms with Crippen molar-refractivity contribution in [3.63, 3.8) is 0 Å². The second-order valence-corrected chi connectivity index (χ2v) is 5.86. The number of aryl methyl sites for hydroxylation is 2. The summed E-state index contributed by atoms with van der Waals surface area (Å²) in [6.45, 7) is 2.41. The van der Waals surface area contributed by atoms with Gasteiger partial charge >= 0.3 is 6.61 Å². The van der Waals surface area contributed by atoms with Crippen LogP contribution in [0.5, 0.6) is 5.75 Å². The van der Waals surface area contributed by atoms with Crippen molar-refractivity contribution in [3.8, 4) is 5.75 Å². The number of amides is 1. The Kier molecular flexibility index (Phi) is 5.35. The number of hydrogen-bond donors (Lipinski definition) is 1. The molecule has 0 aliphatic rings. The van der Waals surface area contributed by atoms with Gasteiger partial charge in [-0.25, -0.2) is 0 Å². The van der Waals surface area contributed by atoms with Crippen molar-refractivity contribution in [1.29, 1.82) is 0 Å². The smallest absolute Gasteiger partial charge is 0.387 e. The highest BCUT2D eigenvalue weighted by Crippen LogP contribution is 2.27. The largest absolute Gasteiger partial charge is 0.433 e. The van der Waals surface area contributed by atoms with Crippen molar-refractivity contribution in [2.75, 3.05) is 5.32 Å². The summed E-state index contributed by atoms with van der Waals surface area (Å²) < 4.78 is 31.7. The van der Waals surface area contributed by atoms with Gasteiger partial charge < -0.3 is 10.1 Å². The number of nitrogens with one attached hydrogen (secondary N) is 1. The van der Waals surface area contributed by atoms with Crippen molar-refractivity contribution < 1.29 is 18.3 Å². The number of ether oxygens (including phenoxy) is 1. The van der Waals surface area contributed by atoms with Gasteiger partial charge in [-0.15, -0.1) is 0 Å². The molecular formula is C15H16BrF2N3O2. The van der Waals surface area contributed by atoms with Crippen LogP contribution < -0.4 is 10.1 Å². The maximum absolute atomic E-state index is 12.5. The Morgan fingerprint density at radius 3 is 2.65 bits per heavy atom. The molecule has 5 nitrogen and oxygen atoms in total. The van der Waals surface area contributed by atoms with E-state index in [1.807, 2.05) is 13.8 Å². The fourth-order valence-electron chi connectivity index (χ4n) is 2.08. The molecule has 23 heavy (non-hydrogen) atoms. The minimum absolute atomic E-state index is 0.0275.